The Morgan fingerprint density at radius 1 is 1.07 bits per heavy atom. The largest absolute Gasteiger partial charge is 0.497 e. The van der Waals surface area contributed by atoms with E-state index in [1.165, 1.54) is 0 Å². The number of methoxy groups -OCH3 is 1. The van der Waals surface area contributed by atoms with Gasteiger partial charge in [-0.2, -0.15) is 0 Å². The first-order valence-electron chi connectivity index (χ1n) is 9.79. The average Bonchev–Trinajstić information content (AvgIpc) is 3.25. The smallest absolute Gasteiger partial charge is 0.179 e. The molecule has 0 atom stereocenters. The van der Waals surface area contributed by atoms with Crippen molar-refractivity contribution in [2.24, 2.45) is 0 Å². The third kappa shape index (κ3) is 3.90. The van der Waals surface area contributed by atoms with E-state index in [-0.39, 0.29) is 0 Å². The molecule has 7 nitrogen and oxygen atoms in total. The Labute approximate surface area is 171 Å². The van der Waals surface area contributed by atoms with E-state index in [4.69, 9.17) is 9.47 Å². The number of benzene rings is 1. The van der Waals surface area contributed by atoms with Crippen LogP contribution in [0.2, 0.25) is 25.7 Å². The van der Waals surface area contributed by atoms with Gasteiger partial charge in [0.2, 0.25) is 0 Å². The van der Waals surface area contributed by atoms with Crippen molar-refractivity contribution in [2.75, 3.05) is 13.7 Å². The van der Waals surface area contributed by atoms with Gasteiger partial charge in [0.25, 0.3) is 0 Å². The number of ether oxygens (including phenoxy) is 2. The molecule has 0 saturated heterocycles. The number of fused-ring (bicyclic) bond motifs is 3. The quantitative estimate of drug-likeness (QED) is 0.335. The normalized spacial score (nSPS) is 12.2. The van der Waals surface area contributed by atoms with Crippen molar-refractivity contribution < 1.29 is 9.47 Å². The second kappa shape index (κ2) is 7.60. The summed E-state index contributed by atoms with van der Waals surface area (Å²) < 4.78 is 15.6. The van der Waals surface area contributed by atoms with E-state index >= 15 is 0 Å². The molecule has 0 amide bonds. The second-order valence-electron chi connectivity index (χ2n) is 8.44. The first-order valence-corrected chi connectivity index (χ1v) is 13.5. The first kappa shape index (κ1) is 19.6. The lowest BCUT2D eigenvalue weighted by Crippen LogP contribution is -2.22. The maximum Gasteiger partial charge on any atom is 0.179 e. The fourth-order valence-electron chi connectivity index (χ4n) is 3.37. The molecule has 0 saturated carbocycles. The van der Waals surface area contributed by atoms with E-state index in [1.54, 1.807) is 13.3 Å². The van der Waals surface area contributed by atoms with Gasteiger partial charge in [0.05, 0.1) is 24.5 Å². The molecule has 3 heterocycles. The molecule has 0 N–H and O–H groups in total. The average molecular weight is 410 g/mol. The lowest BCUT2D eigenvalue weighted by Gasteiger charge is -2.16. The van der Waals surface area contributed by atoms with E-state index in [9.17, 15) is 0 Å². The molecule has 4 rings (SSSR count). The number of rotatable bonds is 7. The minimum Gasteiger partial charge on any atom is -0.497 e. The zero-order valence-corrected chi connectivity index (χ0v) is 18.6. The van der Waals surface area contributed by atoms with Crippen molar-refractivity contribution in [2.45, 2.75) is 39.3 Å². The Kier molecular flexibility index (Phi) is 5.14. The highest BCUT2D eigenvalue weighted by Crippen LogP contribution is 2.29. The van der Waals surface area contributed by atoms with Gasteiger partial charge in [-0.05, 0) is 48.9 Å². The highest BCUT2D eigenvalue weighted by Gasteiger charge is 2.17. The maximum absolute atomic E-state index is 6.09. The standard InChI is InChI=1S/C21H27N5O2Si/c1-15-23-24-20-13-22-21-19(26(15)20)12-18(16-6-8-17(27-2)9-7-16)25(21)14-28-10-11-29(3,4)5/h6-9,12-13H,10-11,14H2,1-5H3. The molecule has 0 radical (unpaired) electrons. The Morgan fingerprint density at radius 2 is 1.83 bits per heavy atom. The Hall–Kier alpha value is -2.71. The topological polar surface area (TPSA) is 66.5 Å². The number of aromatic nitrogens is 5. The zero-order chi connectivity index (χ0) is 20.6. The molecule has 0 aliphatic rings. The van der Waals surface area contributed by atoms with E-state index in [2.05, 4.69) is 57.6 Å². The van der Waals surface area contributed by atoms with Crippen molar-refractivity contribution >= 4 is 24.9 Å². The number of nitrogens with zero attached hydrogens (tertiary/aromatic N) is 5. The molecule has 0 fully saturated rings. The summed E-state index contributed by atoms with van der Waals surface area (Å²) in [7, 11) is 0.534. The SMILES string of the molecule is COc1ccc(-c2cc3c(ncc4nnc(C)n43)n2COCC[Si](C)(C)C)cc1. The first-order chi connectivity index (χ1) is 13.9. The molecular formula is C21H27N5O2Si. The van der Waals surface area contributed by atoms with E-state index in [0.717, 1.165) is 52.3 Å². The third-order valence-corrected chi connectivity index (χ3v) is 6.75. The summed E-state index contributed by atoms with van der Waals surface area (Å²) >= 11 is 0. The molecule has 8 heteroatoms. The fourth-order valence-corrected chi connectivity index (χ4v) is 4.13. The molecule has 29 heavy (non-hydrogen) atoms. The Balaban J connectivity index is 1.78. The van der Waals surface area contributed by atoms with Crippen molar-refractivity contribution in [1.29, 1.82) is 0 Å². The van der Waals surface area contributed by atoms with Crippen LogP contribution in [-0.4, -0.2) is 45.9 Å². The summed E-state index contributed by atoms with van der Waals surface area (Å²) in [5.41, 5.74) is 4.71. The molecule has 0 aliphatic carbocycles. The van der Waals surface area contributed by atoms with E-state index in [0.29, 0.717) is 6.73 Å². The van der Waals surface area contributed by atoms with Crippen molar-refractivity contribution in [3.05, 3.63) is 42.4 Å². The molecule has 0 bridgehead atoms. The molecule has 0 unspecified atom stereocenters. The van der Waals surface area contributed by atoms with Crippen molar-refractivity contribution in [3.63, 3.8) is 0 Å². The predicted octanol–water partition coefficient (Wildman–Crippen LogP) is 4.38. The third-order valence-electron chi connectivity index (χ3n) is 5.04. The number of hydrogen-bond acceptors (Lipinski definition) is 5. The van der Waals surface area contributed by atoms with Crippen LogP contribution in [0.3, 0.4) is 0 Å². The monoisotopic (exact) mass is 409 g/mol. The van der Waals surface area contributed by atoms with Gasteiger partial charge < -0.3 is 14.0 Å². The predicted molar refractivity (Wildman–Crippen MR) is 117 cm³/mol. The maximum atomic E-state index is 6.09. The molecule has 3 aromatic heterocycles. The summed E-state index contributed by atoms with van der Waals surface area (Å²) in [4.78, 5) is 4.67. The van der Waals surface area contributed by atoms with Gasteiger partial charge in [0.15, 0.2) is 11.3 Å². The molecule has 0 aliphatic heterocycles. The van der Waals surface area contributed by atoms with Gasteiger partial charge in [-0.3, -0.25) is 4.40 Å². The summed E-state index contributed by atoms with van der Waals surface area (Å²) in [6.45, 7) is 10.2. The lowest BCUT2D eigenvalue weighted by molar-refractivity contribution is 0.0909. The van der Waals surface area contributed by atoms with Gasteiger partial charge >= 0.3 is 0 Å². The molecule has 1 aromatic carbocycles. The highest BCUT2D eigenvalue weighted by molar-refractivity contribution is 6.76. The van der Waals surface area contributed by atoms with E-state index in [1.807, 2.05) is 23.5 Å². The Morgan fingerprint density at radius 3 is 2.52 bits per heavy atom. The summed E-state index contributed by atoms with van der Waals surface area (Å²) in [5, 5.41) is 8.41. The highest BCUT2D eigenvalue weighted by atomic mass is 28.3. The molecule has 152 valence electrons. The van der Waals surface area contributed by atoms with Crippen LogP contribution in [0.1, 0.15) is 5.82 Å². The lowest BCUT2D eigenvalue weighted by atomic mass is 10.1. The Bertz CT molecular complexity index is 1140. The van der Waals surface area contributed by atoms with Crippen LogP contribution in [0.4, 0.5) is 0 Å². The van der Waals surface area contributed by atoms with Crippen LogP contribution in [0.25, 0.3) is 28.1 Å². The van der Waals surface area contributed by atoms with Crippen LogP contribution in [0.5, 0.6) is 5.75 Å². The minimum absolute atomic E-state index is 0.453. The van der Waals surface area contributed by atoms with Crippen molar-refractivity contribution in [1.82, 2.24) is 24.1 Å². The van der Waals surface area contributed by atoms with E-state index < -0.39 is 8.07 Å². The zero-order valence-electron chi connectivity index (χ0n) is 17.6. The summed E-state index contributed by atoms with van der Waals surface area (Å²) in [5.74, 6) is 1.67. The van der Waals surface area contributed by atoms with Gasteiger partial charge in [-0.1, -0.05) is 19.6 Å². The van der Waals surface area contributed by atoms with Crippen LogP contribution in [0, 0.1) is 6.92 Å². The summed E-state index contributed by atoms with van der Waals surface area (Å²) in [6.07, 6.45) is 1.76. The summed E-state index contributed by atoms with van der Waals surface area (Å²) in [6, 6.07) is 11.3. The fraction of sp³-hybridized carbons (Fsp3) is 0.381. The van der Waals surface area contributed by atoms with Crippen LogP contribution in [-0.2, 0) is 11.5 Å². The molecular weight excluding hydrogens is 382 g/mol. The van der Waals surface area contributed by atoms with Gasteiger partial charge in [-0.25, -0.2) is 4.98 Å². The number of hydrogen-bond donors (Lipinski definition) is 0. The van der Waals surface area contributed by atoms with Crippen molar-refractivity contribution in [3.8, 4) is 17.0 Å². The minimum atomic E-state index is -1.14. The van der Waals surface area contributed by atoms with Gasteiger partial charge in [0, 0.05) is 14.7 Å². The van der Waals surface area contributed by atoms with Crippen LogP contribution >= 0.6 is 0 Å². The van der Waals surface area contributed by atoms with Gasteiger partial charge in [-0.15, -0.1) is 10.2 Å². The molecule has 0 spiro atoms. The van der Waals surface area contributed by atoms with Crippen LogP contribution < -0.4 is 4.74 Å². The van der Waals surface area contributed by atoms with Gasteiger partial charge in [0.1, 0.15) is 18.3 Å². The molecule has 4 aromatic rings. The van der Waals surface area contributed by atoms with Crippen LogP contribution in [0.15, 0.2) is 36.5 Å². The number of aryl methyl sites for hydroxylation is 1. The second-order valence-corrected chi connectivity index (χ2v) is 14.1.